The second-order valence-electron chi connectivity index (χ2n) is 14.0. The molecule has 3 atom stereocenters. The lowest BCUT2D eigenvalue weighted by Crippen LogP contribution is -2.48. The van der Waals surface area contributed by atoms with Gasteiger partial charge < -0.3 is 18.9 Å². The van der Waals surface area contributed by atoms with Crippen LogP contribution in [0.25, 0.3) is 44.0 Å². The number of halogens is 3. The second kappa shape index (κ2) is 13.5. The Kier molecular flexibility index (Phi) is 9.39. The molecule has 2 aliphatic heterocycles. The molecule has 2 fully saturated rings. The number of nitriles is 1. The van der Waals surface area contributed by atoms with Crippen LogP contribution in [-0.4, -0.2) is 66.4 Å². The molecule has 14 heteroatoms. The number of piperidine rings is 1. The highest BCUT2D eigenvalue weighted by Gasteiger charge is 2.36. The van der Waals surface area contributed by atoms with E-state index in [1.165, 1.54) is 11.8 Å². The summed E-state index contributed by atoms with van der Waals surface area (Å²) in [5.74, 6) is -0.562. The lowest BCUT2D eigenvalue weighted by molar-refractivity contribution is -0.0366. The van der Waals surface area contributed by atoms with E-state index in [2.05, 4.69) is 11.2 Å². The van der Waals surface area contributed by atoms with E-state index < -0.39 is 17.5 Å². The minimum atomic E-state index is -0.659. The maximum absolute atomic E-state index is 17.2. The van der Waals surface area contributed by atoms with Crippen LogP contribution in [0, 0.1) is 24.1 Å². The van der Waals surface area contributed by atoms with E-state index in [4.69, 9.17) is 42.6 Å². The molecular formula is C36H38Cl2FN7O3S. The van der Waals surface area contributed by atoms with Crippen molar-refractivity contribution in [3.8, 4) is 17.2 Å². The van der Waals surface area contributed by atoms with E-state index in [1.54, 1.807) is 23.5 Å². The van der Waals surface area contributed by atoms with Crippen LogP contribution < -0.4 is 0 Å². The van der Waals surface area contributed by atoms with Crippen molar-refractivity contribution in [1.29, 1.82) is 5.26 Å². The third kappa shape index (κ3) is 6.06. The quantitative estimate of drug-likeness (QED) is 0.164. The summed E-state index contributed by atoms with van der Waals surface area (Å²) >= 11 is 15.3. The first kappa shape index (κ1) is 34.8. The summed E-state index contributed by atoms with van der Waals surface area (Å²) in [6.07, 6.45) is 8.79. The van der Waals surface area contributed by atoms with Crippen molar-refractivity contribution in [3.63, 3.8) is 0 Å². The number of benzene rings is 2. The van der Waals surface area contributed by atoms with Crippen LogP contribution in [0.15, 0.2) is 29.7 Å². The van der Waals surface area contributed by atoms with Gasteiger partial charge in [0.15, 0.2) is 12.0 Å². The average Bonchev–Trinajstić information content (AvgIpc) is 3.71. The molecule has 0 N–H and O–H groups in total. The molecule has 3 aromatic heterocycles. The number of pyridine rings is 1. The number of carbonyl (C=O) groups is 1. The summed E-state index contributed by atoms with van der Waals surface area (Å²) in [5, 5.41) is 16.8. The minimum absolute atomic E-state index is 0.124. The molecule has 0 saturated carbocycles. The van der Waals surface area contributed by atoms with Crippen LogP contribution in [0.4, 0.5) is 9.18 Å². The fraction of sp³-hybridized carbons (Fsp3) is 0.472. The van der Waals surface area contributed by atoms with Gasteiger partial charge in [0.1, 0.15) is 21.7 Å². The van der Waals surface area contributed by atoms with Gasteiger partial charge in [0, 0.05) is 52.2 Å². The second-order valence-corrected chi connectivity index (χ2v) is 15.6. The first-order chi connectivity index (χ1) is 23.9. The van der Waals surface area contributed by atoms with Crippen molar-refractivity contribution in [2.45, 2.75) is 95.2 Å². The van der Waals surface area contributed by atoms with Gasteiger partial charge in [-0.2, -0.15) is 10.4 Å². The van der Waals surface area contributed by atoms with E-state index in [1.807, 2.05) is 49.3 Å². The SMILES string of the molecule is CSc1nc2c(F)c(-c3c(C)c(Cl)cc4c3cnn4C3CCCCO3)c(Cl)cc2c2c1ncn2[C@H]1CCN(C(=O)OC(C)(C)C)[C@H](CC#N)C1. The van der Waals surface area contributed by atoms with Gasteiger partial charge in [0.25, 0.3) is 0 Å². The number of hydrogen-bond acceptors (Lipinski definition) is 8. The van der Waals surface area contributed by atoms with Gasteiger partial charge in [0.05, 0.1) is 41.1 Å². The summed E-state index contributed by atoms with van der Waals surface area (Å²) < 4.78 is 32.7. The number of likely N-dealkylation sites (tertiary alicyclic amines) is 1. The maximum atomic E-state index is 17.2. The Morgan fingerprint density at radius 3 is 2.66 bits per heavy atom. The molecular weight excluding hydrogens is 700 g/mol. The number of thioether (sulfide) groups is 1. The number of amides is 1. The molecule has 5 heterocycles. The number of aromatic nitrogens is 5. The van der Waals surface area contributed by atoms with E-state index >= 15 is 4.39 Å². The first-order valence-electron chi connectivity index (χ1n) is 16.8. The topological polar surface area (TPSA) is 111 Å². The lowest BCUT2D eigenvalue weighted by Gasteiger charge is -2.39. The molecule has 2 aliphatic rings. The summed E-state index contributed by atoms with van der Waals surface area (Å²) in [7, 11) is 0. The molecule has 0 radical (unpaired) electrons. The molecule has 262 valence electrons. The normalized spacial score (nSPS) is 20.1. The van der Waals surface area contributed by atoms with Gasteiger partial charge in [0.2, 0.25) is 0 Å². The van der Waals surface area contributed by atoms with Crippen molar-refractivity contribution in [2.24, 2.45) is 0 Å². The first-order valence-corrected chi connectivity index (χ1v) is 18.8. The van der Waals surface area contributed by atoms with Crippen LogP contribution >= 0.6 is 35.0 Å². The molecule has 50 heavy (non-hydrogen) atoms. The van der Waals surface area contributed by atoms with Crippen molar-refractivity contribution in [1.82, 2.24) is 29.2 Å². The summed E-state index contributed by atoms with van der Waals surface area (Å²) in [5.41, 5.74) is 3.04. The predicted molar refractivity (Wildman–Crippen MR) is 194 cm³/mol. The Hall–Kier alpha value is -3.63. The largest absolute Gasteiger partial charge is 0.444 e. The maximum Gasteiger partial charge on any atom is 0.410 e. The Morgan fingerprint density at radius 1 is 1.16 bits per heavy atom. The van der Waals surface area contributed by atoms with Crippen molar-refractivity contribution in [2.75, 3.05) is 19.4 Å². The molecule has 2 aromatic carbocycles. The van der Waals surface area contributed by atoms with Gasteiger partial charge in [-0.25, -0.2) is 23.8 Å². The Morgan fingerprint density at radius 2 is 1.96 bits per heavy atom. The molecule has 0 aliphatic carbocycles. The third-order valence-corrected chi connectivity index (χ3v) is 11.0. The molecule has 0 bridgehead atoms. The summed E-state index contributed by atoms with van der Waals surface area (Å²) in [4.78, 5) is 24.3. The summed E-state index contributed by atoms with van der Waals surface area (Å²) in [6, 6.07) is 5.37. The van der Waals surface area contributed by atoms with Gasteiger partial charge in [-0.1, -0.05) is 23.2 Å². The zero-order chi connectivity index (χ0) is 35.5. The highest BCUT2D eigenvalue weighted by Crippen LogP contribution is 2.46. The van der Waals surface area contributed by atoms with Crippen LogP contribution in [0.3, 0.4) is 0 Å². The summed E-state index contributed by atoms with van der Waals surface area (Å²) in [6.45, 7) is 8.37. The van der Waals surface area contributed by atoms with Crippen molar-refractivity contribution < 1.29 is 18.7 Å². The van der Waals surface area contributed by atoms with Crippen LogP contribution in [0.1, 0.15) is 77.1 Å². The average molecular weight is 739 g/mol. The molecule has 1 amide bonds. The number of ether oxygens (including phenoxy) is 2. The Labute approximate surface area is 303 Å². The van der Waals surface area contributed by atoms with Crippen molar-refractivity contribution in [3.05, 3.63) is 46.1 Å². The monoisotopic (exact) mass is 737 g/mol. The van der Waals surface area contributed by atoms with Crippen molar-refractivity contribution >= 4 is 73.9 Å². The number of imidazole rings is 1. The highest BCUT2D eigenvalue weighted by molar-refractivity contribution is 7.98. The Balaban J connectivity index is 1.36. The number of fused-ring (bicyclic) bond motifs is 4. The number of carbonyl (C=O) groups excluding carboxylic acids is 1. The molecule has 0 spiro atoms. The van der Waals surface area contributed by atoms with E-state index in [0.29, 0.717) is 63.6 Å². The zero-order valence-electron chi connectivity index (χ0n) is 28.6. The third-order valence-electron chi connectivity index (χ3n) is 9.67. The zero-order valence-corrected chi connectivity index (χ0v) is 30.9. The predicted octanol–water partition coefficient (Wildman–Crippen LogP) is 9.63. The van der Waals surface area contributed by atoms with E-state index in [9.17, 15) is 10.1 Å². The molecule has 5 aromatic rings. The number of hydrogen-bond donors (Lipinski definition) is 0. The lowest BCUT2D eigenvalue weighted by atomic mass is 9.94. The number of nitrogens with zero attached hydrogens (tertiary/aromatic N) is 7. The molecule has 2 saturated heterocycles. The smallest absolute Gasteiger partial charge is 0.410 e. The molecule has 7 rings (SSSR count). The van der Waals surface area contributed by atoms with Gasteiger partial charge in [-0.3, -0.25) is 0 Å². The fourth-order valence-electron chi connectivity index (χ4n) is 7.35. The highest BCUT2D eigenvalue weighted by atomic mass is 35.5. The fourth-order valence-corrected chi connectivity index (χ4v) is 8.36. The Bertz CT molecular complexity index is 2180. The minimum Gasteiger partial charge on any atom is -0.444 e. The van der Waals surface area contributed by atoms with Gasteiger partial charge >= 0.3 is 6.09 Å². The van der Waals surface area contributed by atoms with Crippen LogP contribution in [0.2, 0.25) is 10.0 Å². The standard InChI is InChI=1S/C36H38Cl2FN7O3S/c1-19-24(37)16-26-23(17-42-46(26)27-8-6-7-13-48-27)28(19)29-25(38)15-22-31(30(29)39)43-34(50-5)32-33(22)45(18-41-32)21-10-12-44(20(14-21)9-11-40)35(47)49-36(2,3)4/h15-18,20-21,27H,6-10,12-14H2,1-5H3/t20-,21+,27?/m1/s1. The van der Waals surface area contributed by atoms with E-state index in [0.717, 1.165) is 30.2 Å². The van der Waals surface area contributed by atoms with Gasteiger partial charge in [-0.05, 0) is 83.8 Å². The number of rotatable bonds is 5. The van der Waals surface area contributed by atoms with Gasteiger partial charge in [-0.15, -0.1) is 11.8 Å². The van der Waals surface area contributed by atoms with Crippen LogP contribution in [-0.2, 0) is 9.47 Å². The molecule has 10 nitrogen and oxygen atoms in total. The van der Waals surface area contributed by atoms with E-state index in [-0.39, 0.29) is 40.8 Å². The van der Waals surface area contributed by atoms with Crippen LogP contribution in [0.5, 0.6) is 0 Å². The molecule has 1 unspecified atom stereocenters.